The van der Waals surface area contributed by atoms with Crippen molar-refractivity contribution in [2.45, 2.75) is 19.2 Å². The molecule has 0 aliphatic rings. The van der Waals surface area contributed by atoms with Crippen LogP contribution in [0.3, 0.4) is 0 Å². The number of benzene rings is 1. The maximum atomic E-state index is 12.7. The molecule has 2 atom stereocenters. The number of carbonyl (C=O) groups is 3. The van der Waals surface area contributed by atoms with Crippen molar-refractivity contribution >= 4 is 23.4 Å². The minimum atomic E-state index is -4.86. The fourth-order valence-corrected chi connectivity index (χ4v) is 2.52. The van der Waals surface area contributed by atoms with Gasteiger partial charge in [0.15, 0.2) is 5.82 Å². The zero-order valence-electron chi connectivity index (χ0n) is 14.6. The Morgan fingerprint density at radius 3 is 2.28 bits per heavy atom. The van der Waals surface area contributed by atoms with Gasteiger partial charge in [-0.2, -0.15) is 5.21 Å². The summed E-state index contributed by atoms with van der Waals surface area (Å²) in [7, 11) is 0. The summed E-state index contributed by atoms with van der Waals surface area (Å²) in [6.07, 6.45) is -5.55. The molecule has 156 valence electrons. The molecule has 11 nitrogen and oxygen atoms in total. The Hall–Kier alpha value is -3.71. The van der Waals surface area contributed by atoms with Crippen LogP contribution in [-0.4, -0.2) is 44.7 Å². The van der Waals surface area contributed by atoms with Gasteiger partial charge < -0.3 is 21.5 Å². The van der Waals surface area contributed by atoms with Crippen molar-refractivity contribution in [2.24, 2.45) is 23.3 Å². The van der Waals surface area contributed by atoms with Crippen molar-refractivity contribution in [3.63, 3.8) is 0 Å². The molecular formula is C15H16F3N7O4. The third-order valence-electron chi connectivity index (χ3n) is 3.76. The van der Waals surface area contributed by atoms with Crippen molar-refractivity contribution in [3.8, 4) is 5.75 Å². The Morgan fingerprint density at radius 2 is 1.79 bits per heavy atom. The van der Waals surface area contributed by atoms with E-state index in [0.29, 0.717) is 0 Å². The Morgan fingerprint density at radius 1 is 1.14 bits per heavy atom. The molecule has 1 unspecified atom stereocenters. The highest BCUT2D eigenvalue weighted by Crippen LogP contribution is 2.25. The van der Waals surface area contributed by atoms with E-state index in [2.05, 4.69) is 30.7 Å². The van der Waals surface area contributed by atoms with Gasteiger partial charge in [-0.1, -0.05) is 5.21 Å². The topological polar surface area (TPSA) is 179 Å². The number of alkyl halides is 3. The van der Waals surface area contributed by atoms with E-state index in [4.69, 9.17) is 11.5 Å². The minimum Gasteiger partial charge on any atom is -0.406 e. The van der Waals surface area contributed by atoms with Crippen molar-refractivity contribution < 1.29 is 32.3 Å². The largest absolute Gasteiger partial charge is 0.573 e. The van der Waals surface area contributed by atoms with E-state index in [1.54, 1.807) is 0 Å². The number of aromatic amines is 1. The number of rotatable bonds is 9. The van der Waals surface area contributed by atoms with E-state index in [1.807, 2.05) is 0 Å². The average Bonchev–Trinajstić information content (AvgIpc) is 3.11. The molecule has 3 amide bonds. The van der Waals surface area contributed by atoms with Gasteiger partial charge in [0.25, 0.3) is 0 Å². The number of aromatic nitrogens is 4. The second kappa shape index (κ2) is 8.99. The molecule has 0 fully saturated rings. The predicted molar refractivity (Wildman–Crippen MR) is 89.6 cm³/mol. The highest BCUT2D eigenvalue weighted by molar-refractivity contribution is 5.97. The van der Waals surface area contributed by atoms with Gasteiger partial charge in [0, 0.05) is 18.5 Å². The van der Waals surface area contributed by atoms with Crippen molar-refractivity contribution in [1.29, 1.82) is 0 Å². The van der Waals surface area contributed by atoms with Gasteiger partial charge in [-0.3, -0.25) is 14.4 Å². The molecular weight excluding hydrogens is 399 g/mol. The molecule has 14 heteroatoms. The maximum Gasteiger partial charge on any atom is 0.573 e. The van der Waals surface area contributed by atoms with Crippen LogP contribution in [0.5, 0.6) is 5.75 Å². The van der Waals surface area contributed by atoms with Crippen LogP contribution >= 0.6 is 0 Å². The molecule has 1 heterocycles. The molecule has 0 spiro atoms. The first-order valence-electron chi connectivity index (χ1n) is 8.01. The molecule has 0 saturated carbocycles. The number of hydrogen-bond donors (Lipinski definition) is 4. The van der Waals surface area contributed by atoms with Gasteiger partial charge in [-0.05, 0) is 24.3 Å². The van der Waals surface area contributed by atoms with Crippen LogP contribution in [0.1, 0.15) is 12.2 Å². The lowest BCUT2D eigenvalue weighted by Gasteiger charge is -2.22. The number of amides is 3. The fourth-order valence-electron chi connectivity index (χ4n) is 2.52. The standard InChI is InChI=1S/C15H16F3N7O4/c16-15(17,18)29-8-3-1-7(2-4-8)21-14(28)10(6-12-22-24-25-23-12)9(13(20)27)5-11(19)26/h1-4,9-10H,5-6H2,(H2,19,26)(H2,20,27)(H,21,28)(H,22,23,24,25)/t9?,10-/m0/s1. The molecule has 0 radical (unpaired) electrons. The number of H-pyrrole nitrogens is 1. The molecule has 2 rings (SSSR count). The maximum absolute atomic E-state index is 12.7. The van der Waals surface area contributed by atoms with Crippen LogP contribution in [0.2, 0.25) is 0 Å². The van der Waals surface area contributed by atoms with Crippen LogP contribution < -0.4 is 21.5 Å². The lowest BCUT2D eigenvalue weighted by molar-refractivity contribution is -0.274. The molecule has 2 aromatic rings. The van der Waals surface area contributed by atoms with E-state index in [-0.39, 0.29) is 17.9 Å². The van der Waals surface area contributed by atoms with Gasteiger partial charge in [-0.15, -0.1) is 23.4 Å². The lowest BCUT2D eigenvalue weighted by atomic mass is 9.85. The smallest absolute Gasteiger partial charge is 0.406 e. The number of nitrogens with zero attached hydrogens (tertiary/aromatic N) is 3. The quantitative estimate of drug-likeness (QED) is 0.440. The molecule has 0 aliphatic carbocycles. The van der Waals surface area contributed by atoms with Gasteiger partial charge in [0.05, 0.1) is 11.8 Å². The number of nitrogens with two attached hydrogens (primary N) is 2. The van der Waals surface area contributed by atoms with Crippen LogP contribution in [0, 0.1) is 11.8 Å². The number of tetrazole rings is 1. The number of anilines is 1. The van der Waals surface area contributed by atoms with E-state index in [9.17, 15) is 27.6 Å². The summed E-state index contributed by atoms with van der Waals surface area (Å²) in [5, 5.41) is 15.3. The van der Waals surface area contributed by atoms with Crippen LogP contribution in [0.4, 0.5) is 18.9 Å². The molecule has 29 heavy (non-hydrogen) atoms. The number of carbonyl (C=O) groups excluding carboxylic acids is 3. The highest BCUT2D eigenvalue weighted by atomic mass is 19.4. The van der Waals surface area contributed by atoms with E-state index in [1.165, 1.54) is 0 Å². The molecule has 6 N–H and O–H groups in total. The summed E-state index contributed by atoms with van der Waals surface area (Å²) in [5.41, 5.74) is 10.6. The third kappa shape index (κ3) is 6.75. The summed E-state index contributed by atoms with van der Waals surface area (Å²) >= 11 is 0. The number of primary amides is 2. The summed E-state index contributed by atoms with van der Waals surface area (Å²) < 4.78 is 40.4. The minimum absolute atomic E-state index is 0.0785. The molecule has 0 saturated heterocycles. The number of nitrogens with one attached hydrogen (secondary N) is 2. The van der Waals surface area contributed by atoms with E-state index >= 15 is 0 Å². The summed E-state index contributed by atoms with van der Waals surface area (Å²) in [6, 6.07) is 4.31. The van der Waals surface area contributed by atoms with E-state index < -0.39 is 48.1 Å². The predicted octanol–water partition coefficient (Wildman–Crippen LogP) is -0.127. The first-order chi connectivity index (χ1) is 13.5. The van der Waals surface area contributed by atoms with Crippen LogP contribution in [-0.2, 0) is 20.8 Å². The van der Waals surface area contributed by atoms with Gasteiger partial charge in [0.1, 0.15) is 5.75 Å². The SMILES string of the molecule is NC(=O)CC(C(N)=O)[C@H](Cc1nn[nH]n1)C(=O)Nc1ccc(OC(F)(F)F)cc1. The number of hydrogen-bond acceptors (Lipinski definition) is 7. The van der Waals surface area contributed by atoms with Crippen LogP contribution in [0.15, 0.2) is 24.3 Å². The molecule has 1 aromatic carbocycles. The molecule has 0 bridgehead atoms. The van der Waals surface area contributed by atoms with Gasteiger partial charge in [0.2, 0.25) is 17.7 Å². The summed E-state index contributed by atoms with van der Waals surface area (Å²) in [4.78, 5) is 35.8. The third-order valence-corrected chi connectivity index (χ3v) is 3.76. The second-order valence-electron chi connectivity index (χ2n) is 5.88. The zero-order valence-corrected chi connectivity index (χ0v) is 14.6. The lowest BCUT2D eigenvalue weighted by Crippen LogP contribution is -2.40. The first-order valence-corrected chi connectivity index (χ1v) is 8.01. The number of ether oxygens (including phenoxy) is 1. The van der Waals surface area contributed by atoms with Crippen molar-refractivity contribution in [2.75, 3.05) is 5.32 Å². The molecule has 1 aromatic heterocycles. The van der Waals surface area contributed by atoms with E-state index in [0.717, 1.165) is 24.3 Å². The monoisotopic (exact) mass is 415 g/mol. The second-order valence-corrected chi connectivity index (χ2v) is 5.88. The van der Waals surface area contributed by atoms with Crippen LogP contribution in [0.25, 0.3) is 0 Å². The zero-order chi connectivity index (χ0) is 21.6. The van der Waals surface area contributed by atoms with Crippen molar-refractivity contribution in [3.05, 3.63) is 30.1 Å². The summed E-state index contributed by atoms with van der Waals surface area (Å²) in [5.74, 6) is -5.40. The Kier molecular flexibility index (Phi) is 6.69. The molecule has 0 aliphatic heterocycles. The fraction of sp³-hybridized carbons (Fsp3) is 0.333. The Bertz CT molecular complexity index is 856. The Labute approximate surface area is 161 Å². The van der Waals surface area contributed by atoms with Gasteiger partial charge in [-0.25, -0.2) is 0 Å². The first kappa shape index (κ1) is 21.6. The average molecular weight is 415 g/mol. The normalized spacial score (nSPS) is 13.3. The van der Waals surface area contributed by atoms with Crippen molar-refractivity contribution in [1.82, 2.24) is 20.6 Å². The number of halogens is 3. The Balaban J connectivity index is 2.19. The summed E-state index contributed by atoms with van der Waals surface area (Å²) in [6.45, 7) is 0. The highest BCUT2D eigenvalue weighted by Gasteiger charge is 2.35. The van der Waals surface area contributed by atoms with Gasteiger partial charge >= 0.3 is 6.36 Å².